The van der Waals surface area contributed by atoms with E-state index in [9.17, 15) is 14.9 Å². The molecule has 0 unspecified atom stereocenters. The average molecular weight is 383 g/mol. The Bertz CT molecular complexity index is 1060. The minimum atomic E-state index is -0.507. The first-order chi connectivity index (χ1) is 13.0. The number of benzene rings is 2. The van der Waals surface area contributed by atoms with Crippen molar-refractivity contribution in [3.05, 3.63) is 63.0 Å². The summed E-state index contributed by atoms with van der Waals surface area (Å²) >= 11 is 1.27. The van der Waals surface area contributed by atoms with Gasteiger partial charge in [0.05, 0.1) is 10.6 Å². The molecule has 0 radical (unpaired) electrons. The lowest BCUT2D eigenvalue weighted by molar-refractivity contribution is -0.385. The Labute approximate surface area is 157 Å². The number of hydrogen-bond donors (Lipinski definition) is 1. The summed E-state index contributed by atoms with van der Waals surface area (Å²) in [6.45, 7) is 1.82. The zero-order chi connectivity index (χ0) is 19.0. The lowest BCUT2D eigenvalue weighted by atomic mass is 10.1. The summed E-state index contributed by atoms with van der Waals surface area (Å²) in [6, 6.07) is 9.85. The number of aromatic nitrogens is 1. The van der Waals surface area contributed by atoms with Crippen molar-refractivity contribution in [1.29, 1.82) is 0 Å². The van der Waals surface area contributed by atoms with Crippen molar-refractivity contribution in [1.82, 2.24) is 4.98 Å². The quantitative estimate of drug-likeness (QED) is 0.539. The van der Waals surface area contributed by atoms with Crippen molar-refractivity contribution in [2.45, 2.75) is 6.92 Å². The van der Waals surface area contributed by atoms with Crippen molar-refractivity contribution >= 4 is 28.1 Å². The van der Waals surface area contributed by atoms with Crippen LogP contribution in [0.5, 0.6) is 11.5 Å². The fraction of sp³-hybridized carbons (Fsp3) is 0.111. The number of nitro groups is 1. The molecule has 0 atom stereocenters. The number of amides is 1. The summed E-state index contributed by atoms with van der Waals surface area (Å²) in [4.78, 5) is 27.3. The minimum absolute atomic E-state index is 0.0946. The van der Waals surface area contributed by atoms with E-state index < -0.39 is 10.8 Å². The molecule has 3 aromatic rings. The number of carbonyl (C=O) groups is 1. The van der Waals surface area contributed by atoms with E-state index in [0.29, 0.717) is 27.9 Å². The molecule has 0 saturated carbocycles. The summed E-state index contributed by atoms with van der Waals surface area (Å²) in [7, 11) is 0. The molecular weight excluding hydrogens is 370 g/mol. The van der Waals surface area contributed by atoms with Gasteiger partial charge in [-0.1, -0.05) is 6.07 Å². The molecule has 0 fully saturated rings. The van der Waals surface area contributed by atoms with Crippen LogP contribution in [0.4, 0.5) is 10.8 Å². The highest BCUT2D eigenvalue weighted by Crippen LogP contribution is 2.36. The molecule has 0 spiro atoms. The summed E-state index contributed by atoms with van der Waals surface area (Å²) in [5.41, 5.74) is 2.12. The number of thiazole rings is 1. The second-order valence-electron chi connectivity index (χ2n) is 5.82. The minimum Gasteiger partial charge on any atom is -0.454 e. The molecule has 2 heterocycles. The first kappa shape index (κ1) is 17.0. The molecule has 0 aliphatic carbocycles. The van der Waals surface area contributed by atoms with E-state index in [1.807, 2.05) is 17.5 Å². The number of nitrogens with zero attached hydrogens (tertiary/aromatic N) is 2. The van der Waals surface area contributed by atoms with Crippen LogP contribution in [-0.2, 0) is 0 Å². The monoisotopic (exact) mass is 383 g/mol. The summed E-state index contributed by atoms with van der Waals surface area (Å²) in [6.07, 6.45) is 0. The van der Waals surface area contributed by atoms with E-state index in [2.05, 4.69) is 10.3 Å². The number of hydrogen-bond acceptors (Lipinski definition) is 7. The molecule has 1 aliphatic heterocycles. The second kappa shape index (κ2) is 6.69. The fourth-order valence-corrected chi connectivity index (χ4v) is 3.35. The number of anilines is 1. The van der Waals surface area contributed by atoms with E-state index in [4.69, 9.17) is 9.47 Å². The zero-order valence-electron chi connectivity index (χ0n) is 14.1. The van der Waals surface area contributed by atoms with Gasteiger partial charge in [-0.3, -0.25) is 20.2 Å². The van der Waals surface area contributed by atoms with Gasteiger partial charge < -0.3 is 9.47 Å². The van der Waals surface area contributed by atoms with Crippen LogP contribution in [0.25, 0.3) is 11.3 Å². The molecule has 0 bridgehead atoms. The molecule has 27 heavy (non-hydrogen) atoms. The molecule has 8 nitrogen and oxygen atoms in total. The van der Waals surface area contributed by atoms with Crippen LogP contribution in [0.2, 0.25) is 0 Å². The number of nitro benzene ring substituents is 1. The normalized spacial score (nSPS) is 12.0. The number of aryl methyl sites for hydroxylation is 1. The molecule has 1 amide bonds. The summed E-state index contributed by atoms with van der Waals surface area (Å²) < 4.78 is 10.6. The average Bonchev–Trinajstić information content (AvgIpc) is 3.30. The van der Waals surface area contributed by atoms with Gasteiger partial charge >= 0.3 is 0 Å². The first-order valence-electron chi connectivity index (χ1n) is 7.93. The van der Waals surface area contributed by atoms with Gasteiger partial charge in [0.25, 0.3) is 11.6 Å². The third-order valence-electron chi connectivity index (χ3n) is 4.06. The van der Waals surface area contributed by atoms with Crippen molar-refractivity contribution in [2.75, 3.05) is 12.1 Å². The van der Waals surface area contributed by atoms with Crippen molar-refractivity contribution < 1.29 is 19.2 Å². The smallest absolute Gasteiger partial charge is 0.273 e. The molecule has 0 saturated heterocycles. The van der Waals surface area contributed by atoms with Gasteiger partial charge in [-0.2, -0.15) is 0 Å². The predicted octanol–water partition coefficient (Wildman–Crippen LogP) is 4.01. The Morgan fingerprint density at radius 2 is 2.04 bits per heavy atom. The zero-order valence-corrected chi connectivity index (χ0v) is 14.9. The van der Waals surface area contributed by atoms with E-state index in [0.717, 1.165) is 5.56 Å². The van der Waals surface area contributed by atoms with Crippen LogP contribution in [-0.4, -0.2) is 22.6 Å². The number of carbonyl (C=O) groups excluding carboxylic acids is 1. The lowest BCUT2D eigenvalue weighted by Gasteiger charge is -2.03. The maximum absolute atomic E-state index is 12.4. The molecule has 136 valence electrons. The standard InChI is InChI=1S/C18H13N3O5S/c1-10-2-3-12(6-14(10)21(23)24)17(22)20-18-19-13(8-27-18)11-4-5-15-16(7-11)26-9-25-15/h2-8H,9H2,1H3,(H,19,20,22). The Morgan fingerprint density at radius 1 is 1.22 bits per heavy atom. The van der Waals surface area contributed by atoms with E-state index in [1.165, 1.54) is 17.4 Å². The third kappa shape index (κ3) is 3.32. The summed E-state index contributed by atoms with van der Waals surface area (Å²) in [5.74, 6) is 0.881. The molecule has 9 heteroatoms. The van der Waals surface area contributed by atoms with Gasteiger partial charge in [-0.25, -0.2) is 4.98 Å². The first-order valence-corrected chi connectivity index (χ1v) is 8.81. The van der Waals surface area contributed by atoms with Gasteiger partial charge in [0.2, 0.25) is 6.79 Å². The highest BCUT2D eigenvalue weighted by molar-refractivity contribution is 7.14. The Kier molecular flexibility index (Phi) is 4.21. The molecule has 1 aromatic heterocycles. The van der Waals surface area contributed by atoms with Gasteiger partial charge in [0, 0.05) is 28.1 Å². The van der Waals surface area contributed by atoms with Gasteiger partial charge in [-0.15, -0.1) is 11.3 Å². The SMILES string of the molecule is Cc1ccc(C(=O)Nc2nc(-c3ccc4c(c3)OCO4)cs2)cc1[N+](=O)[O-]. The maximum Gasteiger partial charge on any atom is 0.273 e. The van der Waals surface area contributed by atoms with Gasteiger partial charge in [0.1, 0.15) is 0 Å². The predicted molar refractivity (Wildman–Crippen MR) is 99.5 cm³/mol. The van der Waals surface area contributed by atoms with E-state index >= 15 is 0 Å². The molecule has 1 aliphatic rings. The maximum atomic E-state index is 12.4. The molecule has 2 aromatic carbocycles. The Hall–Kier alpha value is -3.46. The van der Waals surface area contributed by atoms with Crippen LogP contribution in [0, 0.1) is 17.0 Å². The van der Waals surface area contributed by atoms with Crippen molar-refractivity contribution in [3.8, 4) is 22.8 Å². The highest BCUT2D eigenvalue weighted by Gasteiger charge is 2.18. The van der Waals surface area contributed by atoms with Crippen LogP contribution >= 0.6 is 11.3 Å². The Morgan fingerprint density at radius 3 is 2.85 bits per heavy atom. The van der Waals surface area contributed by atoms with E-state index in [-0.39, 0.29) is 18.0 Å². The Balaban J connectivity index is 1.53. The topological polar surface area (TPSA) is 104 Å². The van der Waals surface area contributed by atoms with Crippen molar-refractivity contribution in [3.63, 3.8) is 0 Å². The van der Waals surface area contributed by atoms with Gasteiger partial charge in [-0.05, 0) is 31.2 Å². The fourth-order valence-electron chi connectivity index (χ4n) is 2.64. The van der Waals surface area contributed by atoms with Crippen LogP contribution in [0.1, 0.15) is 15.9 Å². The third-order valence-corrected chi connectivity index (χ3v) is 4.82. The number of fused-ring (bicyclic) bond motifs is 1. The largest absolute Gasteiger partial charge is 0.454 e. The van der Waals surface area contributed by atoms with E-state index in [1.54, 1.807) is 25.1 Å². The molecule has 4 rings (SSSR count). The number of ether oxygens (including phenoxy) is 2. The van der Waals surface area contributed by atoms with Crippen molar-refractivity contribution in [2.24, 2.45) is 0 Å². The van der Waals surface area contributed by atoms with Gasteiger partial charge in [0.15, 0.2) is 16.6 Å². The van der Waals surface area contributed by atoms with Crippen LogP contribution < -0.4 is 14.8 Å². The second-order valence-corrected chi connectivity index (χ2v) is 6.68. The van der Waals surface area contributed by atoms with Crippen LogP contribution in [0.3, 0.4) is 0 Å². The number of rotatable bonds is 4. The number of nitrogens with one attached hydrogen (secondary N) is 1. The molecule has 1 N–H and O–H groups in total. The summed E-state index contributed by atoms with van der Waals surface area (Å²) in [5, 5.41) is 15.9. The van der Waals surface area contributed by atoms with Crippen LogP contribution in [0.15, 0.2) is 41.8 Å². The highest BCUT2D eigenvalue weighted by atomic mass is 32.1. The lowest BCUT2D eigenvalue weighted by Crippen LogP contribution is -2.12. The molecular formula is C18H13N3O5S.